The number of carbonyl (C=O) groups excluding carboxylic acids is 3. The highest BCUT2D eigenvalue weighted by atomic mass is 16.7. The maximum atomic E-state index is 13.0. The minimum atomic E-state index is -1.68. The van der Waals surface area contributed by atoms with Crippen LogP contribution in [0, 0.1) is 11.8 Å². The highest BCUT2D eigenvalue weighted by Gasteiger charge is 2.54. The Labute approximate surface area is 235 Å². The Hall–Kier alpha value is -3.39. The van der Waals surface area contributed by atoms with Gasteiger partial charge in [0.05, 0.1) is 31.7 Å². The fraction of sp³-hybridized carbons (Fsp3) is 0.483. The number of allylic oxidation sites excluding steroid dienone is 1. The summed E-state index contributed by atoms with van der Waals surface area (Å²) < 4.78 is 22.6. The van der Waals surface area contributed by atoms with Gasteiger partial charge >= 0.3 is 11.9 Å². The van der Waals surface area contributed by atoms with Crippen molar-refractivity contribution in [1.29, 1.82) is 0 Å². The van der Waals surface area contributed by atoms with E-state index in [1.165, 1.54) is 30.3 Å². The van der Waals surface area contributed by atoms with E-state index in [-0.39, 0.29) is 36.6 Å². The van der Waals surface area contributed by atoms with E-state index >= 15 is 0 Å². The fourth-order valence-electron chi connectivity index (χ4n) is 6.01. The van der Waals surface area contributed by atoms with E-state index in [1.807, 2.05) is 0 Å². The molecule has 0 aromatic heterocycles. The Morgan fingerprint density at radius 1 is 1.12 bits per heavy atom. The van der Waals surface area contributed by atoms with Crippen LogP contribution in [-0.4, -0.2) is 99.4 Å². The largest absolute Gasteiger partial charge is 0.508 e. The molecule has 1 aromatic carbocycles. The number of hydrogen-bond acceptors (Lipinski definition) is 12. The van der Waals surface area contributed by atoms with Crippen LogP contribution in [0.4, 0.5) is 0 Å². The second-order valence-electron chi connectivity index (χ2n) is 10.8. The van der Waals surface area contributed by atoms with Gasteiger partial charge in [0.2, 0.25) is 0 Å². The summed E-state index contributed by atoms with van der Waals surface area (Å²) in [5.41, 5.74) is 2.09. The van der Waals surface area contributed by atoms with Gasteiger partial charge in [-0.2, -0.15) is 0 Å². The van der Waals surface area contributed by atoms with Crippen molar-refractivity contribution in [3.05, 3.63) is 64.8 Å². The summed E-state index contributed by atoms with van der Waals surface area (Å²) in [7, 11) is 0. The van der Waals surface area contributed by atoms with Crippen LogP contribution in [0.3, 0.4) is 0 Å². The minimum absolute atomic E-state index is 0.0175. The summed E-state index contributed by atoms with van der Waals surface area (Å²) in [6.45, 7) is 4.55. The lowest BCUT2D eigenvalue weighted by molar-refractivity contribution is -0.302. The maximum absolute atomic E-state index is 13.0. The first-order valence-electron chi connectivity index (χ1n) is 13.2. The third kappa shape index (κ3) is 5.46. The lowest BCUT2D eigenvalue weighted by Gasteiger charge is -2.41. The molecule has 12 heteroatoms. The third-order valence-corrected chi connectivity index (χ3v) is 8.06. The zero-order chi connectivity index (χ0) is 29.6. The molecule has 1 aromatic rings. The van der Waals surface area contributed by atoms with Crippen LogP contribution in [0.25, 0.3) is 0 Å². The number of aliphatic hydroxyl groups is 4. The molecule has 41 heavy (non-hydrogen) atoms. The first-order valence-corrected chi connectivity index (χ1v) is 13.2. The number of ether oxygens (including phenoxy) is 4. The van der Waals surface area contributed by atoms with Crippen molar-refractivity contribution in [1.82, 2.24) is 0 Å². The van der Waals surface area contributed by atoms with Gasteiger partial charge in [0, 0.05) is 17.1 Å². The molecule has 12 nitrogen and oxygen atoms in total. The second kappa shape index (κ2) is 11.5. The molecule has 0 amide bonds. The molecule has 0 unspecified atom stereocenters. The van der Waals surface area contributed by atoms with Gasteiger partial charge in [-0.15, -0.1) is 0 Å². The van der Waals surface area contributed by atoms with Crippen molar-refractivity contribution in [2.24, 2.45) is 11.8 Å². The van der Waals surface area contributed by atoms with Crippen molar-refractivity contribution < 1.29 is 58.9 Å². The zero-order valence-corrected chi connectivity index (χ0v) is 22.2. The molecule has 2 fully saturated rings. The molecule has 4 aliphatic rings. The second-order valence-corrected chi connectivity index (χ2v) is 10.8. The molecular formula is C29H32O12. The molecule has 0 spiro atoms. The molecule has 5 rings (SSSR count). The van der Waals surface area contributed by atoms with E-state index in [2.05, 4.69) is 6.58 Å². The highest BCUT2D eigenvalue weighted by molar-refractivity contribution is 6.09. The van der Waals surface area contributed by atoms with Gasteiger partial charge in [-0.1, -0.05) is 24.3 Å². The predicted molar refractivity (Wildman–Crippen MR) is 138 cm³/mol. The van der Waals surface area contributed by atoms with Gasteiger partial charge in [-0.25, -0.2) is 4.79 Å². The molecule has 2 saturated heterocycles. The topological polar surface area (TPSA) is 189 Å². The van der Waals surface area contributed by atoms with Crippen molar-refractivity contribution in [3.8, 4) is 5.75 Å². The van der Waals surface area contributed by atoms with Gasteiger partial charge in [-0.05, 0) is 42.7 Å². The van der Waals surface area contributed by atoms with E-state index in [4.69, 9.17) is 18.9 Å². The number of benzene rings is 1. The standard InChI is InChI=1S/C29H32O12/c1-12-7-17(32)22-13(2)28(37)41-26(22)23-15(9-18(33)21(12)23)11-38-29-27(25(36)24(35)19(10-30)39-29)40-20(34)8-14-3-5-16(31)6-4-14/h3-6,9,17,19,22-27,29-32,35-36H,2,7-8,10-11H2,1H3/t17-,19+,22+,23-,24+,25-,26-,27+,29+/m0/s1. The number of phenolic OH excluding ortho intramolecular Hbond substituents is 1. The number of ketones is 1. The number of esters is 2. The summed E-state index contributed by atoms with van der Waals surface area (Å²) in [4.78, 5) is 38.1. The Kier molecular flexibility index (Phi) is 8.15. The monoisotopic (exact) mass is 572 g/mol. The van der Waals surface area contributed by atoms with Gasteiger partial charge < -0.3 is 44.5 Å². The number of fused-ring (bicyclic) bond motifs is 3. The normalized spacial score (nSPS) is 35.0. The van der Waals surface area contributed by atoms with E-state index in [0.717, 1.165) is 0 Å². The summed E-state index contributed by atoms with van der Waals surface area (Å²) in [6.07, 6.45) is -8.05. The molecule has 0 saturated carbocycles. The van der Waals surface area contributed by atoms with Crippen molar-refractivity contribution in [2.75, 3.05) is 13.2 Å². The Morgan fingerprint density at radius 3 is 2.51 bits per heavy atom. The molecule has 2 aliphatic heterocycles. The summed E-state index contributed by atoms with van der Waals surface area (Å²) in [5.74, 6) is -3.20. The Balaban J connectivity index is 1.36. The SMILES string of the molecule is C=C1C(=O)O[C@@H]2[C@H]3C(CO[C@@H]4O[C@H](CO)[C@@H](O)[C@H](O)[C@H]4OC(=O)Cc4ccc(O)cc4)=CC(=O)C3=C(C)C[C@H](O)[C@@H]12. The number of aliphatic hydroxyl groups excluding tert-OH is 4. The predicted octanol–water partition coefficient (Wildman–Crippen LogP) is -0.394. The highest BCUT2D eigenvalue weighted by Crippen LogP contribution is 2.47. The zero-order valence-electron chi connectivity index (χ0n) is 22.2. The molecular weight excluding hydrogens is 540 g/mol. The van der Waals surface area contributed by atoms with Crippen LogP contribution in [0.2, 0.25) is 0 Å². The molecule has 2 aliphatic carbocycles. The first-order chi connectivity index (χ1) is 19.5. The average molecular weight is 573 g/mol. The van der Waals surface area contributed by atoms with Gasteiger partial charge in [0.1, 0.15) is 30.2 Å². The smallest absolute Gasteiger partial charge is 0.334 e. The van der Waals surface area contributed by atoms with Crippen LogP contribution in [-0.2, 0) is 39.8 Å². The van der Waals surface area contributed by atoms with E-state index in [9.17, 15) is 39.9 Å². The van der Waals surface area contributed by atoms with Crippen LogP contribution in [0.5, 0.6) is 5.75 Å². The molecule has 0 radical (unpaired) electrons. The quantitative estimate of drug-likeness (QED) is 0.210. The van der Waals surface area contributed by atoms with Crippen LogP contribution < -0.4 is 0 Å². The van der Waals surface area contributed by atoms with Crippen molar-refractivity contribution >= 4 is 17.7 Å². The van der Waals surface area contributed by atoms with Gasteiger partial charge in [0.15, 0.2) is 18.2 Å². The average Bonchev–Trinajstić information content (AvgIpc) is 3.38. The molecule has 5 N–H and O–H groups in total. The molecule has 2 heterocycles. The summed E-state index contributed by atoms with van der Waals surface area (Å²) >= 11 is 0. The van der Waals surface area contributed by atoms with E-state index in [1.54, 1.807) is 6.92 Å². The lowest BCUT2D eigenvalue weighted by atomic mass is 9.82. The van der Waals surface area contributed by atoms with E-state index in [0.29, 0.717) is 22.3 Å². The number of aromatic hydroxyl groups is 1. The fourth-order valence-corrected chi connectivity index (χ4v) is 6.01. The van der Waals surface area contributed by atoms with Gasteiger partial charge in [0.25, 0.3) is 0 Å². The summed E-state index contributed by atoms with van der Waals surface area (Å²) in [6, 6.07) is 5.84. The molecule has 220 valence electrons. The molecule has 0 bridgehead atoms. The number of hydrogen-bond donors (Lipinski definition) is 5. The maximum Gasteiger partial charge on any atom is 0.334 e. The molecule has 9 atom stereocenters. The number of carbonyl (C=O) groups is 3. The Morgan fingerprint density at radius 2 is 1.83 bits per heavy atom. The van der Waals surface area contributed by atoms with Crippen LogP contribution in [0.1, 0.15) is 18.9 Å². The van der Waals surface area contributed by atoms with E-state index < -0.39 is 73.3 Å². The Bertz CT molecular complexity index is 1300. The van der Waals surface area contributed by atoms with Crippen LogP contribution in [0.15, 0.2) is 59.2 Å². The van der Waals surface area contributed by atoms with Crippen molar-refractivity contribution in [2.45, 2.75) is 62.7 Å². The van der Waals surface area contributed by atoms with Gasteiger partial charge in [-0.3, -0.25) is 9.59 Å². The number of rotatable bonds is 7. The summed E-state index contributed by atoms with van der Waals surface area (Å²) in [5, 5.41) is 51.1. The lowest BCUT2D eigenvalue weighted by Crippen LogP contribution is -2.60. The first kappa shape index (κ1) is 29.1. The minimum Gasteiger partial charge on any atom is -0.508 e. The number of phenols is 1. The van der Waals surface area contributed by atoms with Crippen LogP contribution >= 0.6 is 0 Å². The third-order valence-electron chi connectivity index (χ3n) is 8.06. The van der Waals surface area contributed by atoms with Crippen molar-refractivity contribution in [3.63, 3.8) is 0 Å².